The molecular weight excluding hydrogens is 524 g/mol. The molecule has 216 valence electrons. The van der Waals surface area contributed by atoms with E-state index in [1.165, 1.54) is 17.5 Å². The second-order valence-electron chi connectivity index (χ2n) is 11.2. The van der Waals surface area contributed by atoms with Crippen LogP contribution >= 0.6 is 0 Å². The van der Waals surface area contributed by atoms with Gasteiger partial charge >= 0.3 is 0 Å². The van der Waals surface area contributed by atoms with Crippen molar-refractivity contribution in [3.63, 3.8) is 0 Å². The van der Waals surface area contributed by atoms with Gasteiger partial charge in [-0.1, -0.05) is 12.5 Å². The molecule has 0 radical (unpaired) electrons. The third-order valence-corrected chi connectivity index (χ3v) is 8.12. The van der Waals surface area contributed by atoms with Crippen molar-refractivity contribution >= 4 is 17.6 Å². The van der Waals surface area contributed by atoms with Crippen LogP contribution in [0.1, 0.15) is 46.5 Å². The Balaban J connectivity index is 0.924. The van der Waals surface area contributed by atoms with Gasteiger partial charge in [0.2, 0.25) is 5.91 Å². The molecule has 0 bridgehead atoms. The molecule has 2 aromatic heterocycles. The predicted molar refractivity (Wildman–Crippen MR) is 150 cm³/mol. The molecule has 4 heterocycles. The van der Waals surface area contributed by atoms with Crippen molar-refractivity contribution < 1.29 is 23.8 Å². The van der Waals surface area contributed by atoms with Gasteiger partial charge in [0.1, 0.15) is 18.2 Å². The molecule has 2 amide bonds. The summed E-state index contributed by atoms with van der Waals surface area (Å²) in [6, 6.07) is 9.58. The number of aromatic nitrogens is 2. The molecule has 11 heteroatoms. The third-order valence-electron chi connectivity index (χ3n) is 8.12. The number of hydrogen-bond acceptors (Lipinski definition) is 9. The minimum absolute atomic E-state index is 0.139. The predicted octanol–water partition coefficient (Wildman–Crippen LogP) is 2.22. The van der Waals surface area contributed by atoms with Crippen LogP contribution in [0.25, 0.3) is 0 Å². The summed E-state index contributed by atoms with van der Waals surface area (Å²) in [5.41, 5.74) is 2.92. The number of carbonyl (C=O) groups excluding carboxylic acids is 2. The lowest BCUT2D eigenvalue weighted by Gasteiger charge is -2.43. The standard InChI is InChI=1S/C30H36N6O5/c37-25(17-35-9-7-21-10-26(5-4-23(21)14-35)40-18-27-13-31-19-41-27)12-33-29(38)22-6-8-32-28(11-22)34-24-15-36(16-24)30(39)20-2-1-3-20/h4-6,8,10-11,13,19-20,24-25,37H,1-3,7,9,12,14-18H2,(H,32,34)(H,33,38). The minimum atomic E-state index is -0.696. The largest absolute Gasteiger partial charge is 0.486 e. The smallest absolute Gasteiger partial charge is 0.251 e. The van der Waals surface area contributed by atoms with Crippen LogP contribution in [0.2, 0.25) is 0 Å². The summed E-state index contributed by atoms with van der Waals surface area (Å²) in [6.07, 6.45) is 7.95. The summed E-state index contributed by atoms with van der Waals surface area (Å²) in [7, 11) is 0. The second-order valence-corrected chi connectivity index (χ2v) is 11.2. The van der Waals surface area contributed by atoms with E-state index in [-0.39, 0.29) is 30.3 Å². The molecule has 3 N–H and O–H groups in total. The van der Waals surface area contributed by atoms with Gasteiger partial charge in [-0.2, -0.15) is 0 Å². The van der Waals surface area contributed by atoms with Gasteiger partial charge in [-0.3, -0.25) is 14.5 Å². The van der Waals surface area contributed by atoms with E-state index >= 15 is 0 Å². The van der Waals surface area contributed by atoms with Crippen LogP contribution in [-0.2, 0) is 24.4 Å². The zero-order chi connectivity index (χ0) is 28.2. The number of pyridine rings is 1. The fourth-order valence-electron chi connectivity index (χ4n) is 5.50. The number of β-amino-alcohol motifs (C(OH)–C–C–N with tert-alkyl or cyclic N) is 1. The molecule has 2 aliphatic heterocycles. The molecule has 1 atom stereocenters. The molecule has 1 aromatic carbocycles. The molecule has 0 spiro atoms. The number of ether oxygens (including phenoxy) is 1. The van der Waals surface area contributed by atoms with Crippen molar-refractivity contribution in [2.45, 2.75) is 51.0 Å². The van der Waals surface area contributed by atoms with Gasteiger partial charge in [0, 0.05) is 56.9 Å². The summed E-state index contributed by atoms with van der Waals surface area (Å²) < 4.78 is 11.0. The molecule has 3 aliphatic rings. The van der Waals surface area contributed by atoms with Gasteiger partial charge in [0.25, 0.3) is 5.91 Å². The van der Waals surface area contributed by atoms with Crippen molar-refractivity contribution in [3.8, 4) is 5.75 Å². The number of carbonyl (C=O) groups is 2. The van der Waals surface area contributed by atoms with Gasteiger partial charge < -0.3 is 29.8 Å². The fraction of sp³-hybridized carbons (Fsp3) is 0.467. The first kappa shape index (κ1) is 27.2. The Morgan fingerprint density at radius 3 is 2.83 bits per heavy atom. The van der Waals surface area contributed by atoms with E-state index in [0.29, 0.717) is 43.4 Å². The summed E-state index contributed by atoms with van der Waals surface area (Å²) in [6.45, 7) is 3.83. The third kappa shape index (κ3) is 6.68. The van der Waals surface area contributed by atoms with E-state index in [9.17, 15) is 14.7 Å². The van der Waals surface area contributed by atoms with Crippen LogP contribution < -0.4 is 15.4 Å². The Morgan fingerprint density at radius 2 is 2.05 bits per heavy atom. The van der Waals surface area contributed by atoms with Gasteiger partial charge in [-0.15, -0.1) is 0 Å². The lowest BCUT2D eigenvalue weighted by atomic mass is 9.83. The number of aliphatic hydroxyl groups excluding tert-OH is 1. The number of hydrogen-bond donors (Lipinski definition) is 3. The van der Waals surface area contributed by atoms with Crippen LogP contribution in [0, 0.1) is 5.92 Å². The van der Waals surface area contributed by atoms with E-state index < -0.39 is 6.10 Å². The zero-order valence-electron chi connectivity index (χ0n) is 23.0. The lowest BCUT2D eigenvalue weighted by Crippen LogP contribution is -2.59. The lowest BCUT2D eigenvalue weighted by molar-refractivity contribution is -0.142. The zero-order valence-corrected chi connectivity index (χ0v) is 23.0. The average Bonchev–Trinajstić information content (AvgIpc) is 3.45. The van der Waals surface area contributed by atoms with Gasteiger partial charge in [0.15, 0.2) is 12.2 Å². The molecular formula is C30H36N6O5. The van der Waals surface area contributed by atoms with Gasteiger partial charge in [0.05, 0.1) is 18.3 Å². The van der Waals surface area contributed by atoms with E-state index in [2.05, 4.69) is 37.6 Å². The van der Waals surface area contributed by atoms with Crippen molar-refractivity contribution in [2.75, 3.05) is 38.0 Å². The topological polar surface area (TPSA) is 133 Å². The number of fused-ring (bicyclic) bond motifs is 1. The molecule has 11 nitrogen and oxygen atoms in total. The van der Waals surface area contributed by atoms with Crippen molar-refractivity contribution in [2.24, 2.45) is 5.92 Å². The van der Waals surface area contributed by atoms with Gasteiger partial charge in [-0.05, 0) is 54.7 Å². The molecule has 1 saturated carbocycles. The molecule has 2 fully saturated rings. The monoisotopic (exact) mass is 560 g/mol. The van der Waals surface area contributed by atoms with Gasteiger partial charge in [-0.25, -0.2) is 9.97 Å². The summed E-state index contributed by atoms with van der Waals surface area (Å²) in [5, 5.41) is 16.8. The highest BCUT2D eigenvalue weighted by atomic mass is 16.5. The van der Waals surface area contributed by atoms with Crippen LogP contribution in [0.5, 0.6) is 5.75 Å². The average molecular weight is 561 g/mol. The number of nitrogens with zero attached hydrogens (tertiary/aromatic N) is 4. The van der Waals surface area contributed by atoms with Crippen LogP contribution in [0.3, 0.4) is 0 Å². The number of nitrogens with one attached hydrogen (secondary N) is 2. The number of rotatable bonds is 11. The van der Waals surface area contributed by atoms with E-state index in [0.717, 1.165) is 44.5 Å². The first-order chi connectivity index (χ1) is 20.0. The molecule has 1 aliphatic carbocycles. The number of benzene rings is 1. The van der Waals surface area contributed by atoms with Crippen LogP contribution in [0.4, 0.5) is 5.82 Å². The van der Waals surface area contributed by atoms with Crippen molar-refractivity contribution in [3.05, 3.63) is 71.6 Å². The molecule has 6 rings (SSSR count). The Hall–Kier alpha value is -3.96. The Labute approximate surface area is 238 Å². The minimum Gasteiger partial charge on any atom is -0.486 e. The highest BCUT2D eigenvalue weighted by molar-refractivity contribution is 5.94. The number of likely N-dealkylation sites (tertiary alicyclic amines) is 1. The van der Waals surface area contributed by atoms with E-state index in [4.69, 9.17) is 9.15 Å². The Morgan fingerprint density at radius 1 is 1.17 bits per heavy atom. The quantitative estimate of drug-likeness (QED) is 0.323. The summed E-state index contributed by atoms with van der Waals surface area (Å²) in [4.78, 5) is 37.4. The highest BCUT2D eigenvalue weighted by Gasteiger charge is 2.36. The van der Waals surface area contributed by atoms with E-state index in [1.54, 1.807) is 24.5 Å². The van der Waals surface area contributed by atoms with E-state index in [1.807, 2.05) is 11.0 Å². The van der Waals surface area contributed by atoms with Crippen LogP contribution in [-0.4, -0.2) is 81.6 Å². The Kier molecular flexibility index (Phi) is 8.15. The maximum Gasteiger partial charge on any atom is 0.251 e. The molecule has 41 heavy (non-hydrogen) atoms. The van der Waals surface area contributed by atoms with Crippen LogP contribution in [0.15, 0.2) is 53.5 Å². The maximum absolute atomic E-state index is 12.8. The number of aliphatic hydroxyl groups is 1. The molecule has 3 aromatic rings. The summed E-state index contributed by atoms with van der Waals surface area (Å²) in [5.74, 6) is 2.30. The first-order valence-electron chi connectivity index (χ1n) is 14.3. The normalized spacial score (nSPS) is 18.1. The van der Waals surface area contributed by atoms with Crippen molar-refractivity contribution in [1.29, 1.82) is 0 Å². The SMILES string of the molecule is O=C(NCC(O)CN1CCc2cc(OCc3cnco3)ccc2C1)c1ccnc(NC2CN(C(=O)C3CCC3)C2)c1. The molecule has 1 saturated heterocycles. The summed E-state index contributed by atoms with van der Waals surface area (Å²) >= 11 is 0. The number of amides is 2. The maximum atomic E-state index is 12.8. The first-order valence-corrected chi connectivity index (χ1v) is 14.3. The molecule has 1 unspecified atom stereocenters. The number of anilines is 1. The Bertz CT molecular complexity index is 1360. The second kappa shape index (κ2) is 12.3. The fourth-order valence-corrected chi connectivity index (χ4v) is 5.50. The number of oxazole rings is 1. The van der Waals surface area contributed by atoms with Crippen molar-refractivity contribution in [1.82, 2.24) is 25.1 Å². The highest BCUT2D eigenvalue weighted by Crippen LogP contribution is 2.30.